The van der Waals surface area contributed by atoms with Crippen molar-refractivity contribution >= 4 is 5.91 Å². The van der Waals surface area contributed by atoms with Crippen LogP contribution in [0.3, 0.4) is 0 Å². The minimum Gasteiger partial charge on any atom is -0.497 e. The SMILES string of the molecule is COCC1(C(=O)N2CCCN(Cc3ccc(OC)cc3)CC2)CCC1. The maximum atomic E-state index is 13.0. The highest BCUT2D eigenvalue weighted by Crippen LogP contribution is 2.42. The maximum absolute atomic E-state index is 13.0. The van der Waals surface area contributed by atoms with Gasteiger partial charge in [0.05, 0.1) is 19.1 Å². The zero-order valence-corrected chi connectivity index (χ0v) is 15.5. The molecule has 0 atom stereocenters. The minimum absolute atomic E-state index is 0.236. The average molecular weight is 346 g/mol. The summed E-state index contributed by atoms with van der Waals surface area (Å²) in [6.45, 7) is 5.14. The third-order valence-corrected chi connectivity index (χ3v) is 5.63. The zero-order chi connectivity index (χ0) is 17.7. The lowest BCUT2D eigenvalue weighted by molar-refractivity contribution is -0.152. The molecule has 0 spiro atoms. The Morgan fingerprint density at radius 3 is 2.40 bits per heavy atom. The number of rotatable bonds is 6. The molecule has 0 N–H and O–H groups in total. The molecule has 5 nitrogen and oxygen atoms in total. The van der Waals surface area contributed by atoms with E-state index in [2.05, 4.69) is 21.9 Å². The van der Waals surface area contributed by atoms with Crippen molar-refractivity contribution in [3.8, 4) is 5.75 Å². The molecular weight excluding hydrogens is 316 g/mol. The molecule has 2 aliphatic rings. The van der Waals surface area contributed by atoms with Gasteiger partial charge >= 0.3 is 0 Å². The lowest BCUT2D eigenvalue weighted by atomic mass is 9.68. The van der Waals surface area contributed by atoms with Crippen LogP contribution >= 0.6 is 0 Å². The molecular formula is C20H30N2O3. The number of methoxy groups -OCH3 is 2. The molecule has 1 aliphatic carbocycles. The van der Waals surface area contributed by atoms with Crippen molar-refractivity contribution in [3.05, 3.63) is 29.8 Å². The van der Waals surface area contributed by atoms with Crippen LogP contribution in [-0.2, 0) is 16.1 Å². The molecule has 5 heteroatoms. The number of ether oxygens (including phenoxy) is 2. The lowest BCUT2D eigenvalue weighted by Gasteiger charge is -2.42. The van der Waals surface area contributed by atoms with Crippen molar-refractivity contribution < 1.29 is 14.3 Å². The minimum atomic E-state index is -0.236. The molecule has 1 saturated carbocycles. The Morgan fingerprint density at radius 1 is 1.04 bits per heavy atom. The largest absolute Gasteiger partial charge is 0.497 e. The zero-order valence-electron chi connectivity index (χ0n) is 15.5. The van der Waals surface area contributed by atoms with Gasteiger partial charge in [-0.2, -0.15) is 0 Å². The van der Waals surface area contributed by atoms with E-state index >= 15 is 0 Å². The van der Waals surface area contributed by atoms with E-state index in [1.807, 2.05) is 12.1 Å². The Morgan fingerprint density at radius 2 is 1.80 bits per heavy atom. The Bertz CT molecular complexity index is 569. The van der Waals surface area contributed by atoms with Crippen LogP contribution in [0.1, 0.15) is 31.2 Å². The van der Waals surface area contributed by atoms with Crippen molar-refractivity contribution in [2.24, 2.45) is 5.41 Å². The molecule has 138 valence electrons. The number of hydrogen-bond acceptors (Lipinski definition) is 4. The highest BCUT2D eigenvalue weighted by Gasteiger charge is 2.46. The monoisotopic (exact) mass is 346 g/mol. The van der Waals surface area contributed by atoms with Crippen LogP contribution in [-0.4, -0.2) is 62.7 Å². The molecule has 1 saturated heterocycles. The topological polar surface area (TPSA) is 42.0 Å². The number of carbonyl (C=O) groups excluding carboxylic acids is 1. The van der Waals surface area contributed by atoms with Gasteiger partial charge in [0.1, 0.15) is 5.75 Å². The van der Waals surface area contributed by atoms with Crippen molar-refractivity contribution in [2.75, 3.05) is 47.0 Å². The van der Waals surface area contributed by atoms with Gasteiger partial charge in [-0.1, -0.05) is 18.6 Å². The highest BCUT2D eigenvalue weighted by atomic mass is 16.5. The van der Waals surface area contributed by atoms with E-state index in [1.165, 1.54) is 5.56 Å². The summed E-state index contributed by atoms with van der Waals surface area (Å²) in [7, 11) is 3.39. The maximum Gasteiger partial charge on any atom is 0.231 e. The van der Waals surface area contributed by atoms with Gasteiger partial charge in [-0.3, -0.25) is 9.69 Å². The number of amides is 1. The van der Waals surface area contributed by atoms with Crippen LogP contribution in [0.25, 0.3) is 0 Å². The Kier molecular flexibility index (Phi) is 5.97. The van der Waals surface area contributed by atoms with Crippen molar-refractivity contribution in [1.82, 2.24) is 9.80 Å². The fourth-order valence-electron chi connectivity index (χ4n) is 3.96. The number of carbonyl (C=O) groups is 1. The molecule has 1 heterocycles. The molecule has 1 aromatic rings. The Balaban J connectivity index is 1.55. The fraction of sp³-hybridized carbons (Fsp3) is 0.650. The third-order valence-electron chi connectivity index (χ3n) is 5.63. The van der Waals surface area contributed by atoms with E-state index in [4.69, 9.17) is 9.47 Å². The van der Waals surface area contributed by atoms with Crippen LogP contribution in [0.2, 0.25) is 0 Å². The quantitative estimate of drug-likeness (QED) is 0.794. The van der Waals surface area contributed by atoms with E-state index in [0.717, 1.165) is 64.2 Å². The molecule has 1 aliphatic heterocycles. The fourth-order valence-corrected chi connectivity index (χ4v) is 3.96. The number of benzene rings is 1. The van der Waals surface area contributed by atoms with Gasteiger partial charge in [-0.25, -0.2) is 0 Å². The molecule has 3 rings (SSSR count). The molecule has 0 unspecified atom stereocenters. The molecule has 1 amide bonds. The summed E-state index contributed by atoms with van der Waals surface area (Å²) in [4.78, 5) is 17.5. The van der Waals surface area contributed by atoms with Crippen molar-refractivity contribution in [2.45, 2.75) is 32.2 Å². The first-order chi connectivity index (χ1) is 12.2. The molecule has 0 aromatic heterocycles. The van der Waals surface area contributed by atoms with E-state index in [-0.39, 0.29) is 5.41 Å². The first kappa shape index (κ1) is 18.2. The van der Waals surface area contributed by atoms with Gasteiger partial charge in [0.2, 0.25) is 5.91 Å². The second kappa shape index (κ2) is 8.19. The van der Waals surface area contributed by atoms with Gasteiger partial charge in [0.15, 0.2) is 0 Å². The Labute approximate surface area is 150 Å². The smallest absolute Gasteiger partial charge is 0.231 e. The summed E-state index contributed by atoms with van der Waals surface area (Å²) < 4.78 is 10.6. The van der Waals surface area contributed by atoms with Crippen molar-refractivity contribution in [1.29, 1.82) is 0 Å². The van der Waals surface area contributed by atoms with E-state index in [0.29, 0.717) is 12.5 Å². The highest BCUT2D eigenvalue weighted by molar-refractivity contribution is 5.83. The molecule has 25 heavy (non-hydrogen) atoms. The third kappa shape index (κ3) is 4.15. The van der Waals surface area contributed by atoms with Crippen LogP contribution in [0.5, 0.6) is 5.75 Å². The van der Waals surface area contributed by atoms with Crippen LogP contribution in [0.15, 0.2) is 24.3 Å². The van der Waals surface area contributed by atoms with E-state index in [1.54, 1.807) is 14.2 Å². The van der Waals surface area contributed by atoms with Gasteiger partial charge in [0, 0.05) is 39.8 Å². The number of hydrogen-bond donors (Lipinski definition) is 0. The van der Waals surface area contributed by atoms with Gasteiger partial charge in [-0.15, -0.1) is 0 Å². The summed E-state index contributed by atoms with van der Waals surface area (Å²) in [6.07, 6.45) is 4.13. The Hall–Kier alpha value is -1.59. The first-order valence-electron chi connectivity index (χ1n) is 9.30. The predicted octanol–water partition coefficient (Wildman–Crippen LogP) is 2.55. The van der Waals surface area contributed by atoms with E-state index < -0.39 is 0 Å². The van der Waals surface area contributed by atoms with Crippen LogP contribution < -0.4 is 4.74 Å². The van der Waals surface area contributed by atoms with Gasteiger partial charge < -0.3 is 14.4 Å². The van der Waals surface area contributed by atoms with Crippen LogP contribution in [0.4, 0.5) is 0 Å². The summed E-state index contributed by atoms with van der Waals surface area (Å²) in [6, 6.07) is 8.26. The molecule has 1 aromatic carbocycles. The lowest BCUT2D eigenvalue weighted by Crippen LogP contribution is -2.51. The molecule has 0 radical (unpaired) electrons. The summed E-state index contributed by atoms with van der Waals surface area (Å²) in [5.41, 5.74) is 1.05. The number of nitrogens with zero attached hydrogens (tertiary/aromatic N) is 2. The second-order valence-electron chi connectivity index (χ2n) is 7.34. The molecule has 2 fully saturated rings. The summed E-state index contributed by atoms with van der Waals surface area (Å²) in [5, 5.41) is 0. The molecule has 0 bridgehead atoms. The summed E-state index contributed by atoms with van der Waals surface area (Å²) in [5.74, 6) is 1.20. The normalized spacial score (nSPS) is 20.6. The first-order valence-corrected chi connectivity index (χ1v) is 9.30. The van der Waals surface area contributed by atoms with E-state index in [9.17, 15) is 4.79 Å². The van der Waals surface area contributed by atoms with Gasteiger partial charge in [0.25, 0.3) is 0 Å². The van der Waals surface area contributed by atoms with Crippen LogP contribution in [0, 0.1) is 5.41 Å². The average Bonchev–Trinajstić information content (AvgIpc) is 2.84. The standard InChI is InChI=1S/C20H30N2O3/c1-24-16-20(9-3-10-20)19(23)22-12-4-11-21(13-14-22)15-17-5-7-18(25-2)8-6-17/h5-8H,3-4,9-16H2,1-2H3. The predicted molar refractivity (Wildman–Crippen MR) is 97.6 cm³/mol. The second-order valence-corrected chi connectivity index (χ2v) is 7.34. The van der Waals surface area contributed by atoms with Crippen molar-refractivity contribution in [3.63, 3.8) is 0 Å². The summed E-state index contributed by atoms with van der Waals surface area (Å²) >= 11 is 0. The van der Waals surface area contributed by atoms with Gasteiger partial charge in [-0.05, 0) is 37.0 Å².